The Morgan fingerprint density at radius 2 is 1.53 bits per heavy atom. The predicted molar refractivity (Wildman–Crippen MR) is 115 cm³/mol. The highest BCUT2D eigenvalue weighted by Gasteiger charge is 2.19. The van der Waals surface area contributed by atoms with Crippen molar-refractivity contribution in [3.05, 3.63) is 96.1 Å². The highest BCUT2D eigenvalue weighted by Crippen LogP contribution is 2.39. The van der Waals surface area contributed by atoms with E-state index in [0.29, 0.717) is 17.5 Å². The number of rotatable bonds is 6. The third kappa shape index (κ3) is 3.99. The van der Waals surface area contributed by atoms with E-state index in [-0.39, 0.29) is 11.6 Å². The van der Waals surface area contributed by atoms with Crippen LogP contribution in [0.2, 0.25) is 0 Å². The zero-order chi connectivity index (χ0) is 20.9. The number of carbonyl (C=O) groups excluding carboxylic acids is 1. The number of hydrogen-bond donors (Lipinski definition) is 2. The van der Waals surface area contributed by atoms with Crippen molar-refractivity contribution < 1.29 is 15.0 Å². The van der Waals surface area contributed by atoms with E-state index < -0.39 is 12.0 Å². The van der Waals surface area contributed by atoms with Gasteiger partial charge >= 0.3 is 0 Å². The normalized spacial score (nSPS) is 12.4. The van der Waals surface area contributed by atoms with Crippen molar-refractivity contribution >= 4 is 22.5 Å². The summed E-state index contributed by atoms with van der Waals surface area (Å²) >= 11 is 0. The van der Waals surface area contributed by atoms with Crippen molar-refractivity contribution in [1.29, 1.82) is 0 Å². The van der Waals surface area contributed by atoms with E-state index in [1.54, 1.807) is 34.9 Å². The number of nitrogens with zero attached hydrogens (tertiary/aromatic N) is 3. The van der Waals surface area contributed by atoms with Gasteiger partial charge < -0.3 is 14.8 Å². The lowest BCUT2D eigenvalue weighted by Gasteiger charge is -2.07. The van der Waals surface area contributed by atoms with Crippen molar-refractivity contribution in [2.75, 3.05) is 0 Å². The van der Waals surface area contributed by atoms with Gasteiger partial charge in [-0.15, -0.1) is 10.2 Å². The van der Waals surface area contributed by atoms with Crippen LogP contribution in [0.4, 0.5) is 5.69 Å². The van der Waals surface area contributed by atoms with Crippen LogP contribution in [0.25, 0.3) is 10.9 Å². The third-order valence-electron chi connectivity index (χ3n) is 4.98. The smallest absolute Gasteiger partial charge is 0.297 e. The minimum atomic E-state index is -1.40. The van der Waals surface area contributed by atoms with Gasteiger partial charge in [0.25, 0.3) is 5.91 Å². The first-order valence-corrected chi connectivity index (χ1v) is 9.68. The second kappa shape index (κ2) is 8.71. The lowest BCUT2D eigenvalue weighted by atomic mass is 10.1. The van der Waals surface area contributed by atoms with Crippen molar-refractivity contribution in [3.63, 3.8) is 0 Å². The largest absolute Gasteiger partial charge is 0.493 e. The number of aliphatic hydroxyl groups is 1. The highest BCUT2D eigenvalue weighted by atomic mass is 16.3. The first-order valence-electron chi connectivity index (χ1n) is 9.68. The molecule has 30 heavy (non-hydrogen) atoms. The molecule has 6 nitrogen and oxygen atoms in total. The number of azo groups is 1. The lowest BCUT2D eigenvalue weighted by molar-refractivity contribution is -0.126. The zero-order valence-corrected chi connectivity index (χ0v) is 16.2. The van der Waals surface area contributed by atoms with Crippen molar-refractivity contribution in [2.45, 2.75) is 19.1 Å². The summed E-state index contributed by atoms with van der Waals surface area (Å²) in [6, 6.07) is 26.0. The Kier molecular flexibility index (Phi) is 5.68. The number of fused-ring (bicyclic) bond motifs is 1. The van der Waals surface area contributed by atoms with Gasteiger partial charge in [0, 0.05) is 11.9 Å². The van der Waals surface area contributed by atoms with E-state index in [0.717, 1.165) is 17.5 Å². The maximum atomic E-state index is 12.3. The van der Waals surface area contributed by atoms with Crippen LogP contribution >= 0.6 is 0 Å². The van der Waals surface area contributed by atoms with Gasteiger partial charge in [-0.3, -0.25) is 4.79 Å². The fraction of sp³-hybridized carbons (Fsp3) is 0.125. The summed E-state index contributed by atoms with van der Waals surface area (Å²) in [5, 5.41) is 29.4. The Labute approximate surface area is 173 Å². The molecule has 0 fully saturated rings. The SMILES string of the molecule is O=C(N=Nc1c(O)n(CCc2ccccc2)c2ccccc12)[C@@H](O)c1ccccc1. The minimum absolute atomic E-state index is 0.0575. The number of amides is 1. The lowest BCUT2D eigenvalue weighted by Crippen LogP contribution is -2.08. The maximum Gasteiger partial charge on any atom is 0.297 e. The Bertz CT molecular complexity index is 1180. The average Bonchev–Trinajstić information content (AvgIpc) is 3.07. The second-order valence-corrected chi connectivity index (χ2v) is 6.93. The molecule has 0 aliphatic carbocycles. The number of hydrogen-bond acceptors (Lipinski definition) is 4. The van der Waals surface area contributed by atoms with Gasteiger partial charge in [0.2, 0.25) is 5.88 Å². The minimum Gasteiger partial charge on any atom is -0.493 e. The molecule has 1 heterocycles. The number of aromatic hydroxyl groups is 1. The summed E-state index contributed by atoms with van der Waals surface area (Å²) in [5.74, 6) is -0.848. The van der Waals surface area contributed by atoms with E-state index in [1.165, 1.54) is 0 Å². The second-order valence-electron chi connectivity index (χ2n) is 6.93. The molecule has 150 valence electrons. The molecule has 4 rings (SSSR count). The van der Waals surface area contributed by atoms with Crippen LogP contribution in [0.3, 0.4) is 0 Å². The van der Waals surface area contributed by atoms with E-state index in [2.05, 4.69) is 10.2 Å². The summed E-state index contributed by atoms with van der Waals surface area (Å²) in [4.78, 5) is 12.3. The van der Waals surface area contributed by atoms with Gasteiger partial charge in [-0.2, -0.15) is 0 Å². The fourth-order valence-corrected chi connectivity index (χ4v) is 3.41. The Balaban J connectivity index is 1.62. The topological polar surface area (TPSA) is 87.2 Å². The molecule has 0 unspecified atom stereocenters. The Hall–Kier alpha value is -3.77. The molecule has 0 aliphatic rings. The van der Waals surface area contributed by atoms with Gasteiger partial charge in [0.1, 0.15) is 0 Å². The molecule has 0 saturated carbocycles. The van der Waals surface area contributed by atoms with Crippen LogP contribution in [-0.2, 0) is 17.8 Å². The number of aliphatic hydroxyl groups excluding tert-OH is 1. The molecule has 0 spiro atoms. The Morgan fingerprint density at radius 3 is 2.27 bits per heavy atom. The van der Waals surface area contributed by atoms with Gasteiger partial charge in [-0.25, -0.2) is 0 Å². The number of aryl methyl sites for hydroxylation is 2. The highest BCUT2D eigenvalue weighted by molar-refractivity contribution is 5.95. The zero-order valence-electron chi connectivity index (χ0n) is 16.2. The van der Waals surface area contributed by atoms with Crippen molar-refractivity contribution in [2.24, 2.45) is 10.2 Å². The predicted octanol–water partition coefficient (Wildman–Crippen LogP) is 4.93. The van der Waals surface area contributed by atoms with Gasteiger partial charge in [-0.1, -0.05) is 78.9 Å². The first kappa shape index (κ1) is 19.5. The average molecular weight is 399 g/mol. The summed E-state index contributed by atoms with van der Waals surface area (Å²) < 4.78 is 1.76. The molecule has 6 heteroatoms. The summed E-state index contributed by atoms with van der Waals surface area (Å²) in [5.41, 5.74) is 2.61. The number of aromatic nitrogens is 1. The standard InChI is InChI=1S/C24H21N3O3/c28-22(18-11-5-2-6-12-18)23(29)26-25-21-19-13-7-8-14-20(19)27(24(21)30)16-15-17-9-3-1-4-10-17/h1-14,22,28,30H,15-16H2/t22-/m0/s1. The Morgan fingerprint density at radius 1 is 0.900 bits per heavy atom. The van der Waals surface area contributed by atoms with Gasteiger partial charge in [-0.05, 0) is 23.6 Å². The molecule has 1 aromatic heterocycles. The molecular weight excluding hydrogens is 378 g/mol. The van der Waals surface area contributed by atoms with Crippen LogP contribution in [-0.4, -0.2) is 20.7 Å². The molecule has 3 aromatic carbocycles. The molecular formula is C24H21N3O3. The monoisotopic (exact) mass is 399 g/mol. The van der Waals surface area contributed by atoms with Crippen molar-refractivity contribution in [1.82, 2.24) is 4.57 Å². The first-order chi connectivity index (χ1) is 14.6. The number of carbonyl (C=O) groups is 1. The molecule has 1 atom stereocenters. The summed E-state index contributed by atoms with van der Waals surface area (Å²) in [6.07, 6.45) is -0.668. The van der Waals surface area contributed by atoms with Crippen LogP contribution in [0.1, 0.15) is 17.2 Å². The van der Waals surface area contributed by atoms with E-state index >= 15 is 0 Å². The van der Waals surface area contributed by atoms with E-state index in [9.17, 15) is 15.0 Å². The quantitative estimate of drug-likeness (QED) is 0.451. The van der Waals surface area contributed by atoms with E-state index in [1.807, 2.05) is 54.6 Å². The van der Waals surface area contributed by atoms with Crippen LogP contribution in [0.5, 0.6) is 5.88 Å². The maximum absolute atomic E-state index is 12.3. The molecule has 0 aliphatic heterocycles. The van der Waals surface area contributed by atoms with Crippen LogP contribution < -0.4 is 0 Å². The number of benzene rings is 3. The molecule has 2 N–H and O–H groups in total. The molecule has 1 amide bonds. The van der Waals surface area contributed by atoms with E-state index in [4.69, 9.17) is 0 Å². The summed E-state index contributed by atoms with van der Waals surface area (Å²) in [7, 11) is 0. The van der Waals surface area contributed by atoms with Crippen molar-refractivity contribution in [3.8, 4) is 5.88 Å². The van der Waals surface area contributed by atoms with Gasteiger partial charge in [0.15, 0.2) is 11.8 Å². The molecule has 0 bridgehead atoms. The van der Waals surface area contributed by atoms with Crippen LogP contribution in [0, 0.1) is 0 Å². The van der Waals surface area contributed by atoms with Crippen LogP contribution in [0.15, 0.2) is 95.2 Å². The molecule has 0 radical (unpaired) electrons. The third-order valence-corrected chi connectivity index (χ3v) is 4.98. The molecule has 4 aromatic rings. The van der Waals surface area contributed by atoms with Gasteiger partial charge in [0.05, 0.1) is 5.52 Å². The summed E-state index contributed by atoms with van der Waals surface area (Å²) in [6.45, 7) is 0.548. The fourth-order valence-electron chi connectivity index (χ4n) is 3.41. The number of para-hydroxylation sites is 1. The molecule has 0 saturated heterocycles.